The van der Waals surface area contributed by atoms with Crippen molar-refractivity contribution in [1.29, 1.82) is 0 Å². The van der Waals surface area contributed by atoms with E-state index in [0.717, 1.165) is 32.4 Å². The fourth-order valence-corrected chi connectivity index (χ4v) is 2.44. The van der Waals surface area contributed by atoms with Gasteiger partial charge in [0.25, 0.3) is 0 Å². The van der Waals surface area contributed by atoms with Crippen LogP contribution in [0.4, 0.5) is 0 Å². The minimum atomic E-state index is -0.350. The predicted molar refractivity (Wildman–Crippen MR) is 66.1 cm³/mol. The third kappa shape index (κ3) is 2.38. The molecule has 0 spiro atoms. The second-order valence-electron chi connectivity index (χ2n) is 4.75. The number of nitrogens with two attached hydrogens (primary N) is 1. The monoisotopic (exact) mass is 227 g/mol. The van der Waals surface area contributed by atoms with Gasteiger partial charge in [-0.05, 0) is 25.8 Å². The summed E-state index contributed by atoms with van der Waals surface area (Å²) in [5, 5.41) is 3.29. The Balaban J connectivity index is 2.73. The molecular weight excluding hydrogens is 202 g/mol. The van der Waals surface area contributed by atoms with Crippen molar-refractivity contribution in [2.24, 2.45) is 11.1 Å². The summed E-state index contributed by atoms with van der Waals surface area (Å²) < 4.78 is 0. The average molecular weight is 227 g/mol. The maximum Gasteiger partial charge on any atom is 0.230 e. The van der Waals surface area contributed by atoms with Crippen LogP contribution in [0.5, 0.6) is 0 Å². The Hall–Kier alpha value is -0.610. The summed E-state index contributed by atoms with van der Waals surface area (Å²) in [5.74, 6) is 0.216. The highest BCUT2D eigenvalue weighted by atomic mass is 16.2. The molecule has 1 aliphatic heterocycles. The van der Waals surface area contributed by atoms with Crippen molar-refractivity contribution in [1.82, 2.24) is 10.2 Å². The standard InChI is InChI=1S/C12H25N3O/c1-4-12(5-2,9-13)11(16)15(3)10-6-7-14-8-10/h10,14H,4-9,13H2,1-3H3. The Morgan fingerprint density at radius 2 is 2.12 bits per heavy atom. The van der Waals surface area contributed by atoms with Crippen molar-refractivity contribution >= 4 is 5.91 Å². The fraction of sp³-hybridized carbons (Fsp3) is 0.917. The first-order valence-electron chi connectivity index (χ1n) is 6.29. The molecule has 1 unspecified atom stereocenters. The van der Waals surface area contributed by atoms with Gasteiger partial charge >= 0.3 is 0 Å². The first-order valence-corrected chi connectivity index (χ1v) is 6.29. The van der Waals surface area contributed by atoms with Crippen molar-refractivity contribution in [2.45, 2.75) is 39.2 Å². The number of hydrogen-bond donors (Lipinski definition) is 2. The number of hydrogen-bond acceptors (Lipinski definition) is 3. The molecule has 0 bridgehead atoms. The van der Waals surface area contributed by atoms with Crippen LogP contribution >= 0.6 is 0 Å². The first-order chi connectivity index (χ1) is 7.61. The highest BCUT2D eigenvalue weighted by molar-refractivity contribution is 5.83. The number of nitrogens with zero attached hydrogens (tertiary/aromatic N) is 1. The summed E-state index contributed by atoms with van der Waals surface area (Å²) in [5.41, 5.74) is 5.45. The normalized spacial score (nSPS) is 21.1. The Labute approximate surface area is 98.6 Å². The minimum absolute atomic E-state index is 0.216. The minimum Gasteiger partial charge on any atom is -0.341 e. The van der Waals surface area contributed by atoms with Crippen molar-refractivity contribution in [2.75, 3.05) is 26.7 Å². The molecule has 1 atom stereocenters. The smallest absolute Gasteiger partial charge is 0.230 e. The molecule has 0 saturated carbocycles. The fourth-order valence-electron chi connectivity index (χ4n) is 2.44. The van der Waals surface area contributed by atoms with E-state index in [4.69, 9.17) is 5.73 Å². The molecule has 1 heterocycles. The van der Waals surface area contributed by atoms with E-state index in [0.29, 0.717) is 12.6 Å². The van der Waals surface area contributed by atoms with E-state index in [2.05, 4.69) is 19.2 Å². The van der Waals surface area contributed by atoms with E-state index >= 15 is 0 Å². The Kier molecular flexibility index (Phi) is 4.74. The second-order valence-corrected chi connectivity index (χ2v) is 4.75. The maximum atomic E-state index is 12.5. The van der Waals surface area contributed by atoms with E-state index in [1.54, 1.807) is 0 Å². The van der Waals surface area contributed by atoms with Gasteiger partial charge in [-0.15, -0.1) is 0 Å². The third-order valence-electron chi connectivity index (χ3n) is 4.10. The van der Waals surface area contributed by atoms with Crippen molar-refractivity contribution in [3.8, 4) is 0 Å². The lowest BCUT2D eigenvalue weighted by Gasteiger charge is -2.36. The summed E-state index contributed by atoms with van der Waals surface area (Å²) in [6.07, 6.45) is 2.70. The zero-order valence-corrected chi connectivity index (χ0v) is 10.8. The summed E-state index contributed by atoms with van der Waals surface area (Å²) >= 11 is 0. The lowest BCUT2D eigenvalue weighted by atomic mass is 9.80. The molecule has 0 aromatic rings. The van der Waals surface area contributed by atoms with Crippen LogP contribution < -0.4 is 11.1 Å². The van der Waals surface area contributed by atoms with Crippen LogP contribution in [0.15, 0.2) is 0 Å². The van der Waals surface area contributed by atoms with Crippen LogP contribution in [-0.4, -0.2) is 43.5 Å². The zero-order chi connectivity index (χ0) is 12.2. The molecule has 94 valence electrons. The van der Waals surface area contributed by atoms with Gasteiger partial charge in [0, 0.05) is 26.2 Å². The molecule has 1 fully saturated rings. The lowest BCUT2D eigenvalue weighted by Crippen LogP contribution is -2.50. The quantitative estimate of drug-likeness (QED) is 0.722. The van der Waals surface area contributed by atoms with Crippen LogP contribution in [0.1, 0.15) is 33.1 Å². The van der Waals surface area contributed by atoms with E-state index in [1.165, 1.54) is 0 Å². The number of carbonyl (C=O) groups excluding carboxylic acids is 1. The Morgan fingerprint density at radius 3 is 2.50 bits per heavy atom. The van der Waals surface area contributed by atoms with Gasteiger partial charge in [-0.1, -0.05) is 13.8 Å². The van der Waals surface area contributed by atoms with Crippen LogP contribution in [0.2, 0.25) is 0 Å². The Morgan fingerprint density at radius 1 is 1.50 bits per heavy atom. The van der Waals surface area contributed by atoms with Gasteiger partial charge in [0.05, 0.1) is 5.41 Å². The number of amides is 1. The molecule has 16 heavy (non-hydrogen) atoms. The molecule has 1 rings (SSSR count). The molecule has 4 heteroatoms. The molecule has 0 aromatic heterocycles. The van der Waals surface area contributed by atoms with Crippen molar-refractivity contribution in [3.63, 3.8) is 0 Å². The van der Waals surface area contributed by atoms with E-state index in [1.807, 2.05) is 11.9 Å². The van der Waals surface area contributed by atoms with Crippen LogP contribution in [0.3, 0.4) is 0 Å². The van der Waals surface area contributed by atoms with E-state index in [-0.39, 0.29) is 11.3 Å². The molecule has 1 amide bonds. The molecule has 4 nitrogen and oxygen atoms in total. The van der Waals surface area contributed by atoms with Crippen LogP contribution in [-0.2, 0) is 4.79 Å². The lowest BCUT2D eigenvalue weighted by molar-refractivity contribution is -0.142. The maximum absolute atomic E-state index is 12.5. The topological polar surface area (TPSA) is 58.4 Å². The highest BCUT2D eigenvalue weighted by Gasteiger charge is 2.38. The third-order valence-corrected chi connectivity index (χ3v) is 4.10. The number of nitrogens with one attached hydrogen (secondary N) is 1. The van der Waals surface area contributed by atoms with Crippen molar-refractivity contribution in [3.05, 3.63) is 0 Å². The highest BCUT2D eigenvalue weighted by Crippen LogP contribution is 2.28. The molecular formula is C12H25N3O. The number of likely N-dealkylation sites (N-methyl/N-ethyl adjacent to an activating group) is 1. The van der Waals surface area contributed by atoms with Gasteiger partial charge in [-0.25, -0.2) is 0 Å². The van der Waals surface area contributed by atoms with Gasteiger partial charge in [-0.2, -0.15) is 0 Å². The molecule has 0 radical (unpaired) electrons. The Bertz CT molecular complexity index is 224. The zero-order valence-electron chi connectivity index (χ0n) is 10.8. The second kappa shape index (κ2) is 5.64. The average Bonchev–Trinajstić information content (AvgIpc) is 2.84. The number of rotatable bonds is 5. The van der Waals surface area contributed by atoms with E-state index in [9.17, 15) is 4.79 Å². The molecule has 0 aliphatic carbocycles. The molecule has 3 N–H and O–H groups in total. The van der Waals surface area contributed by atoms with Gasteiger partial charge in [0.2, 0.25) is 5.91 Å². The summed E-state index contributed by atoms with van der Waals surface area (Å²) in [7, 11) is 1.91. The van der Waals surface area contributed by atoms with Crippen LogP contribution in [0, 0.1) is 5.41 Å². The molecule has 1 saturated heterocycles. The molecule has 1 aliphatic rings. The molecule has 0 aromatic carbocycles. The number of carbonyl (C=O) groups is 1. The largest absolute Gasteiger partial charge is 0.341 e. The van der Waals surface area contributed by atoms with Crippen molar-refractivity contribution < 1.29 is 4.79 Å². The van der Waals surface area contributed by atoms with Gasteiger partial charge in [0.1, 0.15) is 0 Å². The van der Waals surface area contributed by atoms with E-state index < -0.39 is 0 Å². The summed E-state index contributed by atoms with van der Waals surface area (Å²) in [4.78, 5) is 14.4. The summed E-state index contributed by atoms with van der Waals surface area (Å²) in [6, 6.07) is 0.344. The predicted octanol–water partition coefficient (Wildman–Crippen LogP) is 0.572. The van der Waals surface area contributed by atoms with Crippen LogP contribution in [0.25, 0.3) is 0 Å². The SMILES string of the molecule is CCC(CC)(CN)C(=O)N(C)C1CCNC1. The van der Waals surface area contributed by atoms with Gasteiger partial charge < -0.3 is 16.0 Å². The summed E-state index contributed by atoms with van der Waals surface area (Å²) in [6.45, 7) is 6.47. The van der Waals surface area contributed by atoms with Gasteiger partial charge in [-0.3, -0.25) is 4.79 Å². The van der Waals surface area contributed by atoms with Gasteiger partial charge in [0.15, 0.2) is 0 Å². The first kappa shape index (κ1) is 13.5.